The summed E-state index contributed by atoms with van der Waals surface area (Å²) in [4.78, 5) is 15.9. The average Bonchev–Trinajstić information content (AvgIpc) is 2.53. The summed E-state index contributed by atoms with van der Waals surface area (Å²) in [5.41, 5.74) is 6.58. The van der Waals surface area contributed by atoms with E-state index in [0.29, 0.717) is 24.0 Å². The van der Waals surface area contributed by atoms with Crippen LogP contribution in [-0.4, -0.2) is 30.1 Å². The van der Waals surface area contributed by atoms with Crippen LogP contribution in [0.15, 0.2) is 30.5 Å². The number of hydrogen-bond donors (Lipinski definition) is 2. The molecule has 0 aliphatic carbocycles. The quantitative estimate of drug-likeness (QED) is 0.899. The zero-order chi connectivity index (χ0) is 14.7. The summed E-state index contributed by atoms with van der Waals surface area (Å²) >= 11 is 0. The standard InChI is InChI=1S/C16H19N3O2/c17-16(20)13-9-19-14-7-2-1-6-12(14)15(13)21-10-11-5-3-4-8-18-11/h1-2,6-7,9,11,18H,3-5,8,10H2,(H2,17,20). The molecule has 1 saturated heterocycles. The minimum Gasteiger partial charge on any atom is -0.490 e. The highest BCUT2D eigenvalue weighted by Crippen LogP contribution is 2.28. The fourth-order valence-corrected chi connectivity index (χ4v) is 2.70. The normalized spacial score (nSPS) is 18.6. The van der Waals surface area contributed by atoms with E-state index in [1.165, 1.54) is 19.0 Å². The molecule has 1 fully saturated rings. The van der Waals surface area contributed by atoms with Crippen molar-refractivity contribution in [2.75, 3.05) is 13.2 Å². The van der Waals surface area contributed by atoms with Gasteiger partial charge < -0.3 is 15.8 Å². The number of primary amides is 1. The minimum absolute atomic E-state index is 0.325. The molecule has 1 aliphatic rings. The van der Waals surface area contributed by atoms with Gasteiger partial charge in [0.25, 0.3) is 5.91 Å². The van der Waals surface area contributed by atoms with Crippen molar-refractivity contribution in [2.45, 2.75) is 25.3 Å². The van der Waals surface area contributed by atoms with Gasteiger partial charge >= 0.3 is 0 Å². The lowest BCUT2D eigenvalue weighted by molar-refractivity contribution is 0.0995. The van der Waals surface area contributed by atoms with Gasteiger partial charge in [0, 0.05) is 17.6 Å². The molecule has 0 radical (unpaired) electrons. The number of hydrogen-bond acceptors (Lipinski definition) is 4. The molecule has 1 aromatic heterocycles. The van der Waals surface area contributed by atoms with E-state index in [4.69, 9.17) is 10.5 Å². The molecule has 3 N–H and O–H groups in total. The number of rotatable bonds is 4. The molecular formula is C16H19N3O2. The summed E-state index contributed by atoms with van der Waals surface area (Å²) in [6, 6.07) is 7.93. The number of benzene rings is 1. The second-order valence-corrected chi connectivity index (χ2v) is 5.34. The molecule has 3 rings (SSSR count). The molecule has 2 heterocycles. The van der Waals surface area contributed by atoms with Crippen LogP contribution in [-0.2, 0) is 0 Å². The number of carbonyl (C=O) groups is 1. The van der Waals surface area contributed by atoms with Crippen LogP contribution in [0.5, 0.6) is 5.75 Å². The summed E-state index contributed by atoms with van der Waals surface area (Å²) in [5, 5.41) is 4.25. The van der Waals surface area contributed by atoms with Crippen molar-refractivity contribution in [3.05, 3.63) is 36.0 Å². The van der Waals surface area contributed by atoms with Crippen molar-refractivity contribution >= 4 is 16.8 Å². The molecule has 2 aromatic rings. The number of piperidine rings is 1. The Morgan fingerprint density at radius 3 is 3.00 bits per heavy atom. The second kappa shape index (κ2) is 6.10. The molecule has 0 saturated carbocycles. The highest BCUT2D eigenvalue weighted by atomic mass is 16.5. The van der Waals surface area contributed by atoms with Crippen LogP contribution < -0.4 is 15.8 Å². The van der Waals surface area contributed by atoms with Gasteiger partial charge in [0.05, 0.1) is 5.52 Å². The lowest BCUT2D eigenvalue weighted by Crippen LogP contribution is -2.38. The fourth-order valence-electron chi connectivity index (χ4n) is 2.70. The number of amides is 1. The number of nitrogens with zero attached hydrogens (tertiary/aromatic N) is 1. The van der Waals surface area contributed by atoms with Crippen molar-refractivity contribution < 1.29 is 9.53 Å². The first-order valence-corrected chi connectivity index (χ1v) is 7.29. The number of pyridine rings is 1. The molecule has 1 aromatic carbocycles. The van der Waals surface area contributed by atoms with Gasteiger partial charge in [0.1, 0.15) is 17.9 Å². The number of fused-ring (bicyclic) bond motifs is 1. The number of nitrogens with one attached hydrogen (secondary N) is 1. The predicted octanol–water partition coefficient (Wildman–Crippen LogP) is 1.85. The Bertz CT molecular complexity index is 651. The third kappa shape index (κ3) is 2.97. The van der Waals surface area contributed by atoms with Crippen LogP contribution in [0.1, 0.15) is 29.6 Å². The van der Waals surface area contributed by atoms with E-state index in [1.54, 1.807) is 0 Å². The van der Waals surface area contributed by atoms with Gasteiger partial charge in [-0.15, -0.1) is 0 Å². The van der Waals surface area contributed by atoms with Gasteiger partial charge in [-0.2, -0.15) is 0 Å². The first-order chi connectivity index (χ1) is 10.3. The van der Waals surface area contributed by atoms with Crippen molar-refractivity contribution in [1.29, 1.82) is 0 Å². The lowest BCUT2D eigenvalue weighted by Gasteiger charge is -2.24. The molecular weight excluding hydrogens is 266 g/mol. The van der Waals surface area contributed by atoms with E-state index >= 15 is 0 Å². The number of ether oxygens (including phenoxy) is 1. The van der Waals surface area contributed by atoms with Gasteiger partial charge in [0.2, 0.25) is 0 Å². The summed E-state index contributed by atoms with van der Waals surface area (Å²) in [6.45, 7) is 1.56. The van der Waals surface area contributed by atoms with Crippen molar-refractivity contribution in [3.63, 3.8) is 0 Å². The maximum Gasteiger partial charge on any atom is 0.254 e. The van der Waals surface area contributed by atoms with E-state index in [2.05, 4.69) is 10.3 Å². The van der Waals surface area contributed by atoms with E-state index in [0.717, 1.165) is 23.9 Å². The SMILES string of the molecule is NC(=O)c1cnc2ccccc2c1OCC1CCCCN1. The topological polar surface area (TPSA) is 77.2 Å². The van der Waals surface area contributed by atoms with Crippen molar-refractivity contribution in [1.82, 2.24) is 10.3 Å². The summed E-state index contributed by atoms with van der Waals surface area (Å²) in [7, 11) is 0. The molecule has 21 heavy (non-hydrogen) atoms. The fraction of sp³-hybridized carbons (Fsp3) is 0.375. The Labute approximate surface area is 123 Å². The smallest absolute Gasteiger partial charge is 0.254 e. The molecule has 5 nitrogen and oxygen atoms in total. The first-order valence-electron chi connectivity index (χ1n) is 7.29. The van der Waals surface area contributed by atoms with Gasteiger partial charge in [-0.05, 0) is 31.5 Å². The zero-order valence-corrected chi connectivity index (χ0v) is 11.8. The van der Waals surface area contributed by atoms with Gasteiger partial charge in [0.15, 0.2) is 0 Å². The Kier molecular flexibility index (Phi) is 4.01. The van der Waals surface area contributed by atoms with Gasteiger partial charge in [-0.25, -0.2) is 0 Å². The lowest BCUT2D eigenvalue weighted by atomic mass is 10.1. The molecule has 1 unspecified atom stereocenters. The maximum absolute atomic E-state index is 11.6. The maximum atomic E-state index is 11.6. The summed E-state index contributed by atoms with van der Waals surface area (Å²) < 4.78 is 5.95. The first kappa shape index (κ1) is 13.8. The Morgan fingerprint density at radius 1 is 1.38 bits per heavy atom. The number of para-hydroxylation sites is 1. The minimum atomic E-state index is -0.514. The third-order valence-electron chi connectivity index (χ3n) is 3.83. The third-order valence-corrected chi connectivity index (χ3v) is 3.83. The Balaban J connectivity index is 1.90. The van der Waals surface area contributed by atoms with Crippen LogP contribution in [0.25, 0.3) is 10.9 Å². The summed E-state index contributed by atoms with van der Waals surface area (Å²) in [6.07, 6.45) is 5.01. The van der Waals surface area contributed by atoms with E-state index in [-0.39, 0.29) is 0 Å². The number of carbonyl (C=O) groups excluding carboxylic acids is 1. The van der Waals surface area contributed by atoms with Crippen LogP contribution in [0, 0.1) is 0 Å². The monoisotopic (exact) mass is 285 g/mol. The van der Waals surface area contributed by atoms with Crippen LogP contribution >= 0.6 is 0 Å². The average molecular weight is 285 g/mol. The van der Waals surface area contributed by atoms with Crippen molar-refractivity contribution in [2.24, 2.45) is 5.73 Å². The molecule has 1 atom stereocenters. The second-order valence-electron chi connectivity index (χ2n) is 5.34. The molecule has 5 heteroatoms. The highest BCUT2D eigenvalue weighted by molar-refractivity contribution is 6.01. The van der Waals surface area contributed by atoms with E-state index in [1.807, 2.05) is 24.3 Å². The molecule has 110 valence electrons. The van der Waals surface area contributed by atoms with Gasteiger partial charge in [-0.1, -0.05) is 18.6 Å². The molecule has 0 bridgehead atoms. The molecule has 1 aliphatic heterocycles. The highest BCUT2D eigenvalue weighted by Gasteiger charge is 2.18. The largest absolute Gasteiger partial charge is 0.490 e. The molecule has 0 spiro atoms. The van der Waals surface area contributed by atoms with Crippen LogP contribution in [0.3, 0.4) is 0 Å². The van der Waals surface area contributed by atoms with E-state index in [9.17, 15) is 4.79 Å². The predicted molar refractivity (Wildman–Crippen MR) is 81.4 cm³/mol. The van der Waals surface area contributed by atoms with Gasteiger partial charge in [-0.3, -0.25) is 9.78 Å². The Hall–Kier alpha value is -2.14. The van der Waals surface area contributed by atoms with E-state index < -0.39 is 5.91 Å². The Morgan fingerprint density at radius 2 is 2.24 bits per heavy atom. The number of aromatic nitrogens is 1. The van der Waals surface area contributed by atoms with Crippen LogP contribution in [0.4, 0.5) is 0 Å². The molecule has 1 amide bonds. The summed E-state index contributed by atoms with van der Waals surface area (Å²) in [5.74, 6) is 0.0281. The van der Waals surface area contributed by atoms with Crippen molar-refractivity contribution in [3.8, 4) is 5.75 Å². The van der Waals surface area contributed by atoms with Crippen LogP contribution in [0.2, 0.25) is 0 Å². The number of nitrogens with two attached hydrogens (primary N) is 1. The zero-order valence-electron chi connectivity index (χ0n) is 11.8.